The zero-order chi connectivity index (χ0) is 14.0. The molecule has 2 rings (SSSR count). The maximum Gasteiger partial charge on any atom is 0.343 e. The molecule has 0 aromatic heterocycles. The minimum atomic E-state index is -0.618. The van der Waals surface area contributed by atoms with Crippen molar-refractivity contribution >= 4 is 17.8 Å². The van der Waals surface area contributed by atoms with Crippen LogP contribution in [0.3, 0.4) is 0 Å². The van der Waals surface area contributed by atoms with Crippen LogP contribution in [0.1, 0.15) is 12.5 Å². The average molecular weight is 259 g/mol. The van der Waals surface area contributed by atoms with E-state index >= 15 is 0 Å². The summed E-state index contributed by atoms with van der Waals surface area (Å²) in [6, 6.07) is 6.41. The smallest absolute Gasteiger partial charge is 0.343 e. The van der Waals surface area contributed by atoms with Gasteiger partial charge in [0.2, 0.25) is 0 Å². The number of benzene rings is 1. The lowest BCUT2D eigenvalue weighted by Crippen LogP contribution is -2.11. The van der Waals surface area contributed by atoms with Crippen LogP contribution in [0, 0.1) is 0 Å². The molecule has 0 atom stereocenters. The zero-order valence-corrected chi connectivity index (χ0v) is 10.5. The topological polar surface area (TPSA) is 79.1 Å². The summed E-state index contributed by atoms with van der Waals surface area (Å²) in [6.07, 6.45) is 1.62. The van der Waals surface area contributed by atoms with Gasteiger partial charge in [-0.15, -0.1) is 0 Å². The van der Waals surface area contributed by atoms with Crippen LogP contribution in [0.25, 0.3) is 6.08 Å². The number of rotatable bonds is 2. The second kappa shape index (κ2) is 4.97. The summed E-state index contributed by atoms with van der Waals surface area (Å²) in [5.74, 6) is -0.659. The van der Waals surface area contributed by atoms with E-state index in [4.69, 9.17) is 0 Å². The van der Waals surface area contributed by atoms with Gasteiger partial charge in [0, 0.05) is 0 Å². The Morgan fingerprint density at radius 1 is 1.26 bits per heavy atom. The molecule has 2 N–H and O–H groups in total. The number of aliphatic imine (C=N–C) groups is 1. The Bertz CT molecular complexity index is 609. The highest BCUT2D eigenvalue weighted by Crippen LogP contribution is 2.26. The molecule has 5 nitrogen and oxygen atoms in total. The van der Waals surface area contributed by atoms with Gasteiger partial charge in [-0.25, -0.2) is 9.79 Å². The molecule has 19 heavy (non-hydrogen) atoms. The number of hydrogen-bond donors (Lipinski definition) is 2. The number of methoxy groups -OCH3 is 1. The first-order valence-electron chi connectivity index (χ1n) is 5.61. The highest BCUT2D eigenvalue weighted by Gasteiger charge is 2.27. The van der Waals surface area contributed by atoms with Crippen molar-refractivity contribution in [3.8, 4) is 5.75 Å². The van der Waals surface area contributed by atoms with Gasteiger partial charge >= 0.3 is 5.97 Å². The van der Waals surface area contributed by atoms with E-state index in [1.54, 1.807) is 25.1 Å². The van der Waals surface area contributed by atoms with Crippen LogP contribution >= 0.6 is 0 Å². The molecular formula is C14H13NO4. The number of phenolic OH excluding ortho intramolecular Hbond substituents is 1. The lowest BCUT2D eigenvalue weighted by Gasteiger charge is -2.00. The molecular weight excluding hydrogens is 246 g/mol. The Labute approximate surface area is 110 Å². The van der Waals surface area contributed by atoms with Gasteiger partial charge in [-0.3, -0.25) is 0 Å². The first kappa shape index (κ1) is 12.9. The normalized spacial score (nSPS) is 16.7. The van der Waals surface area contributed by atoms with Gasteiger partial charge in [-0.05, 0) is 30.7 Å². The van der Waals surface area contributed by atoms with Gasteiger partial charge in [0.25, 0.3) is 0 Å². The van der Waals surface area contributed by atoms with Gasteiger partial charge in [0.05, 0.1) is 12.8 Å². The summed E-state index contributed by atoms with van der Waals surface area (Å²) in [7, 11) is 1.25. The molecule has 1 heterocycles. The lowest BCUT2D eigenvalue weighted by molar-refractivity contribution is -0.135. The number of carbonyl (C=O) groups is 1. The number of ether oxygens (including phenoxy) is 1. The van der Waals surface area contributed by atoms with Crippen LogP contribution < -0.4 is 0 Å². The molecule has 5 heteroatoms. The summed E-state index contributed by atoms with van der Waals surface area (Å²) >= 11 is 0. The molecule has 0 saturated carbocycles. The highest BCUT2D eigenvalue weighted by atomic mass is 16.5. The van der Waals surface area contributed by atoms with Crippen molar-refractivity contribution in [2.75, 3.05) is 7.11 Å². The van der Waals surface area contributed by atoms with Crippen molar-refractivity contribution in [2.24, 2.45) is 4.99 Å². The number of aromatic hydroxyl groups is 1. The van der Waals surface area contributed by atoms with Crippen molar-refractivity contribution in [1.29, 1.82) is 0 Å². The third-order valence-corrected chi connectivity index (χ3v) is 2.72. The SMILES string of the molecule is COC(=O)C1=C(O)C(=Cc2ccc(O)cc2)N=C1C. The molecule has 1 aliphatic heterocycles. The summed E-state index contributed by atoms with van der Waals surface area (Å²) in [4.78, 5) is 15.6. The van der Waals surface area contributed by atoms with Crippen molar-refractivity contribution in [1.82, 2.24) is 0 Å². The van der Waals surface area contributed by atoms with Gasteiger partial charge < -0.3 is 14.9 Å². The predicted octanol–water partition coefficient (Wildman–Crippen LogP) is 2.19. The van der Waals surface area contributed by atoms with Crippen LogP contribution in [0.4, 0.5) is 0 Å². The van der Waals surface area contributed by atoms with E-state index in [9.17, 15) is 15.0 Å². The molecule has 1 aliphatic rings. The maximum atomic E-state index is 11.5. The van der Waals surface area contributed by atoms with Gasteiger partial charge in [-0.1, -0.05) is 12.1 Å². The van der Waals surface area contributed by atoms with E-state index in [0.717, 1.165) is 5.56 Å². The van der Waals surface area contributed by atoms with Gasteiger partial charge in [-0.2, -0.15) is 0 Å². The van der Waals surface area contributed by atoms with E-state index in [1.165, 1.54) is 19.2 Å². The van der Waals surface area contributed by atoms with E-state index in [2.05, 4.69) is 9.73 Å². The summed E-state index contributed by atoms with van der Waals surface area (Å²) < 4.78 is 4.59. The molecule has 0 unspecified atom stereocenters. The fourth-order valence-electron chi connectivity index (χ4n) is 1.76. The zero-order valence-electron chi connectivity index (χ0n) is 10.5. The molecule has 0 amide bonds. The molecule has 0 radical (unpaired) electrons. The first-order chi connectivity index (χ1) is 9.02. The lowest BCUT2D eigenvalue weighted by atomic mass is 10.1. The number of aliphatic hydroxyl groups excluding tert-OH is 1. The summed E-state index contributed by atoms with van der Waals surface area (Å²) in [6.45, 7) is 1.63. The number of carbonyl (C=O) groups excluding carboxylic acids is 1. The van der Waals surface area contributed by atoms with Gasteiger partial charge in [0.15, 0.2) is 5.76 Å². The van der Waals surface area contributed by atoms with Crippen LogP contribution in [-0.4, -0.2) is 29.0 Å². The molecule has 0 bridgehead atoms. The van der Waals surface area contributed by atoms with Crippen molar-refractivity contribution in [2.45, 2.75) is 6.92 Å². The summed E-state index contributed by atoms with van der Waals surface area (Å²) in [5.41, 5.74) is 1.53. The summed E-state index contributed by atoms with van der Waals surface area (Å²) in [5, 5.41) is 19.2. The third kappa shape index (κ3) is 2.49. The number of phenols is 1. The quantitative estimate of drug-likeness (QED) is 0.798. The predicted molar refractivity (Wildman–Crippen MR) is 70.9 cm³/mol. The van der Waals surface area contributed by atoms with E-state index in [-0.39, 0.29) is 17.1 Å². The van der Waals surface area contributed by atoms with Crippen molar-refractivity contribution < 1.29 is 19.7 Å². The minimum absolute atomic E-state index is 0.0764. The second-order valence-electron chi connectivity index (χ2n) is 4.03. The number of aliphatic hydroxyl groups is 1. The fraction of sp³-hybridized carbons (Fsp3) is 0.143. The number of nitrogens with zero attached hydrogens (tertiary/aromatic N) is 1. The monoisotopic (exact) mass is 259 g/mol. The van der Waals surface area contributed by atoms with E-state index < -0.39 is 5.97 Å². The van der Waals surface area contributed by atoms with E-state index in [0.29, 0.717) is 11.4 Å². The average Bonchev–Trinajstić information content (AvgIpc) is 2.66. The molecule has 0 saturated heterocycles. The Kier molecular flexibility index (Phi) is 3.37. The Morgan fingerprint density at radius 3 is 2.47 bits per heavy atom. The standard InChI is InChI=1S/C14H13NO4/c1-8-12(14(18)19-2)13(17)11(15-8)7-9-3-5-10(16)6-4-9/h3-7,16-17H,1-2H3. The van der Waals surface area contributed by atoms with Crippen LogP contribution in [-0.2, 0) is 9.53 Å². The fourth-order valence-corrected chi connectivity index (χ4v) is 1.76. The number of hydrogen-bond acceptors (Lipinski definition) is 5. The molecule has 0 aliphatic carbocycles. The highest BCUT2D eigenvalue weighted by molar-refractivity contribution is 6.21. The maximum absolute atomic E-state index is 11.5. The number of esters is 1. The minimum Gasteiger partial charge on any atom is -0.508 e. The second-order valence-corrected chi connectivity index (χ2v) is 4.03. The molecule has 0 spiro atoms. The third-order valence-electron chi connectivity index (χ3n) is 2.72. The van der Waals surface area contributed by atoms with Crippen LogP contribution in [0.5, 0.6) is 5.75 Å². The largest absolute Gasteiger partial charge is 0.508 e. The molecule has 1 aromatic rings. The molecule has 0 fully saturated rings. The Morgan fingerprint density at radius 2 is 1.89 bits per heavy atom. The van der Waals surface area contributed by atoms with Gasteiger partial charge in [0.1, 0.15) is 17.0 Å². The first-order valence-corrected chi connectivity index (χ1v) is 5.61. The molecule has 98 valence electrons. The Balaban J connectivity index is 2.40. The van der Waals surface area contributed by atoms with E-state index in [1.807, 2.05) is 0 Å². The molecule has 1 aromatic carbocycles. The van der Waals surface area contributed by atoms with Crippen LogP contribution in [0.15, 0.2) is 46.3 Å². The Hall–Kier alpha value is -2.56. The van der Waals surface area contributed by atoms with Crippen LogP contribution in [0.2, 0.25) is 0 Å². The van der Waals surface area contributed by atoms with Crippen molar-refractivity contribution in [3.05, 3.63) is 46.9 Å². The van der Waals surface area contributed by atoms with Crippen molar-refractivity contribution in [3.63, 3.8) is 0 Å².